The van der Waals surface area contributed by atoms with Crippen molar-refractivity contribution in [3.05, 3.63) is 29.8 Å². The number of nitrogens with two attached hydrogens (primary N) is 1. The van der Waals surface area contributed by atoms with Gasteiger partial charge in [-0.3, -0.25) is 4.79 Å². The minimum absolute atomic E-state index is 0.245. The van der Waals surface area contributed by atoms with E-state index < -0.39 is 0 Å². The van der Waals surface area contributed by atoms with Gasteiger partial charge >= 0.3 is 0 Å². The summed E-state index contributed by atoms with van der Waals surface area (Å²) in [7, 11) is 0. The molecule has 0 saturated carbocycles. The van der Waals surface area contributed by atoms with Crippen LogP contribution in [0.15, 0.2) is 24.3 Å². The van der Waals surface area contributed by atoms with Crippen molar-refractivity contribution in [2.24, 2.45) is 0 Å². The fraction of sp³-hybridized carbons (Fsp3) is 0.533. The Morgan fingerprint density at radius 3 is 2.72 bits per heavy atom. The molecule has 1 aromatic carbocycles. The lowest BCUT2D eigenvalue weighted by Gasteiger charge is -2.27. The summed E-state index contributed by atoms with van der Waals surface area (Å²) in [5.41, 5.74) is 7.44. The van der Waals surface area contributed by atoms with Crippen LogP contribution in [0.25, 0.3) is 0 Å². The summed E-state index contributed by atoms with van der Waals surface area (Å²) in [5, 5.41) is 0. The first-order valence-corrected chi connectivity index (χ1v) is 6.80. The van der Waals surface area contributed by atoms with E-state index in [9.17, 15) is 4.79 Å². The maximum absolute atomic E-state index is 12.3. The number of hydrogen-bond donors (Lipinski definition) is 1. The third kappa shape index (κ3) is 3.25. The summed E-state index contributed by atoms with van der Waals surface area (Å²) >= 11 is 0. The van der Waals surface area contributed by atoms with Gasteiger partial charge in [0.05, 0.1) is 6.42 Å². The fourth-order valence-corrected chi connectivity index (χ4v) is 2.56. The molecule has 1 atom stereocenters. The third-order valence-corrected chi connectivity index (χ3v) is 3.71. The predicted molar refractivity (Wildman–Crippen MR) is 74.2 cm³/mol. The number of likely N-dealkylation sites (tertiary alicyclic amines) is 1. The molecule has 1 saturated heterocycles. The van der Waals surface area contributed by atoms with Crippen LogP contribution in [0.4, 0.5) is 5.69 Å². The minimum atomic E-state index is 0.245. The molecule has 18 heavy (non-hydrogen) atoms. The van der Waals surface area contributed by atoms with Crippen molar-refractivity contribution in [1.82, 2.24) is 4.90 Å². The summed E-state index contributed by atoms with van der Waals surface area (Å²) in [6, 6.07) is 7.97. The van der Waals surface area contributed by atoms with Crippen molar-refractivity contribution in [1.29, 1.82) is 0 Å². The molecular formula is C15H22N2O. The van der Waals surface area contributed by atoms with Gasteiger partial charge in [-0.15, -0.1) is 0 Å². The molecule has 1 amide bonds. The van der Waals surface area contributed by atoms with E-state index in [-0.39, 0.29) is 5.91 Å². The van der Waals surface area contributed by atoms with Crippen molar-refractivity contribution in [3.63, 3.8) is 0 Å². The summed E-state index contributed by atoms with van der Waals surface area (Å²) in [5.74, 6) is 0.245. The van der Waals surface area contributed by atoms with E-state index in [1.165, 1.54) is 12.8 Å². The van der Waals surface area contributed by atoms with Gasteiger partial charge in [-0.25, -0.2) is 0 Å². The number of nitrogen functional groups attached to an aromatic ring is 1. The Bertz CT molecular complexity index is 399. The van der Waals surface area contributed by atoms with E-state index in [1.54, 1.807) is 0 Å². The maximum atomic E-state index is 12.3. The number of anilines is 1. The second-order valence-corrected chi connectivity index (χ2v) is 5.20. The Kier molecular flexibility index (Phi) is 4.24. The molecule has 98 valence electrons. The molecule has 0 aliphatic carbocycles. The highest BCUT2D eigenvalue weighted by atomic mass is 16.2. The normalized spacial score (nSPS) is 20.5. The number of benzene rings is 1. The highest BCUT2D eigenvalue weighted by Gasteiger charge is 2.21. The van der Waals surface area contributed by atoms with E-state index in [4.69, 9.17) is 5.73 Å². The second kappa shape index (κ2) is 5.89. The van der Waals surface area contributed by atoms with Crippen molar-refractivity contribution < 1.29 is 4.79 Å². The van der Waals surface area contributed by atoms with Crippen LogP contribution in [0.2, 0.25) is 0 Å². The zero-order valence-corrected chi connectivity index (χ0v) is 11.1. The zero-order valence-electron chi connectivity index (χ0n) is 11.1. The van der Waals surface area contributed by atoms with Crippen LogP contribution >= 0.6 is 0 Å². The van der Waals surface area contributed by atoms with Gasteiger partial charge in [-0.05, 0) is 37.5 Å². The smallest absolute Gasteiger partial charge is 0.227 e. The predicted octanol–water partition coefficient (Wildman–Crippen LogP) is 2.60. The number of hydrogen-bond acceptors (Lipinski definition) is 2. The number of carbonyl (C=O) groups is 1. The van der Waals surface area contributed by atoms with E-state index in [1.807, 2.05) is 29.2 Å². The zero-order chi connectivity index (χ0) is 13.0. The molecular weight excluding hydrogens is 224 g/mol. The Hall–Kier alpha value is -1.51. The molecule has 1 aromatic rings. The van der Waals surface area contributed by atoms with Gasteiger partial charge in [0.25, 0.3) is 0 Å². The van der Waals surface area contributed by atoms with Crippen LogP contribution in [0.1, 0.15) is 38.2 Å². The first-order chi connectivity index (χ1) is 8.66. The minimum Gasteiger partial charge on any atom is -0.399 e. The summed E-state index contributed by atoms with van der Waals surface area (Å²) in [4.78, 5) is 14.4. The standard InChI is InChI=1S/C15H22N2O/c1-12-5-3-2-4-10-17(12)15(18)11-13-6-8-14(16)9-7-13/h6-9,12H,2-5,10-11,16H2,1H3. The van der Waals surface area contributed by atoms with Crippen molar-refractivity contribution >= 4 is 11.6 Å². The van der Waals surface area contributed by atoms with Crippen molar-refractivity contribution in [3.8, 4) is 0 Å². The first kappa shape index (κ1) is 12.9. The molecule has 1 heterocycles. The lowest BCUT2D eigenvalue weighted by Crippen LogP contribution is -2.39. The molecule has 1 aliphatic rings. The molecule has 0 aromatic heterocycles. The average Bonchev–Trinajstić information content (AvgIpc) is 2.57. The van der Waals surface area contributed by atoms with Crippen LogP contribution < -0.4 is 5.73 Å². The first-order valence-electron chi connectivity index (χ1n) is 6.80. The third-order valence-electron chi connectivity index (χ3n) is 3.71. The van der Waals surface area contributed by atoms with Gasteiger partial charge in [0.1, 0.15) is 0 Å². The second-order valence-electron chi connectivity index (χ2n) is 5.20. The van der Waals surface area contributed by atoms with Crippen LogP contribution in [-0.2, 0) is 11.2 Å². The molecule has 2 N–H and O–H groups in total. The number of nitrogens with zero attached hydrogens (tertiary/aromatic N) is 1. The highest BCUT2D eigenvalue weighted by molar-refractivity contribution is 5.79. The number of amides is 1. The molecule has 1 unspecified atom stereocenters. The summed E-state index contributed by atoms with van der Waals surface area (Å²) in [6.45, 7) is 3.07. The lowest BCUT2D eigenvalue weighted by atomic mass is 10.1. The highest BCUT2D eigenvalue weighted by Crippen LogP contribution is 2.18. The van der Waals surface area contributed by atoms with Crippen LogP contribution in [0.5, 0.6) is 0 Å². The van der Waals surface area contributed by atoms with Crippen molar-refractivity contribution in [2.75, 3.05) is 12.3 Å². The monoisotopic (exact) mass is 246 g/mol. The van der Waals surface area contributed by atoms with E-state index in [0.717, 1.165) is 30.6 Å². The topological polar surface area (TPSA) is 46.3 Å². The average molecular weight is 246 g/mol. The number of rotatable bonds is 2. The van der Waals surface area contributed by atoms with Gasteiger partial charge in [0, 0.05) is 18.3 Å². The van der Waals surface area contributed by atoms with E-state index in [2.05, 4.69) is 6.92 Å². The van der Waals surface area contributed by atoms with Crippen LogP contribution in [0.3, 0.4) is 0 Å². The van der Waals surface area contributed by atoms with Crippen molar-refractivity contribution in [2.45, 2.75) is 45.1 Å². The maximum Gasteiger partial charge on any atom is 0.227 e. The molecule has 3 heteroatoms. The van der Waals surface area contributed by atoms with Gasteiger partial charge in [0.15, 0.2) is 0 Å². The van der Waals surface area contributed by atoms with E-state index in [0.29, 0.717) is 12.5 Å². The Labute approximate surface area is 109 Å². The molecule has 0 radical (unpaired) electrons. The summed E-state index contributed by atoms with van der Waals surface area (Å²) in [6.07, 6.45) is 5.25. The van der Waals surface area contributed by atoms with E-state index >= 15 is 0 Å². The Balaban J connectivity index is 1.99. The SMILES string of the molecule is CC1CCCCCN1C(=O)Cc1ccc(N)cc1. The molecule has 2 rings (SSSR count). The molecule has 0 spiro atoms. The Morgan fingerprint density at radius 2 is 2.00 bits per heavy atom. The molecule has 1 fully saturated rings. The van der Waals surface area contributed by atoms with Gasteiger partial charge in [0.2, 0.25) is 5.91 Å². The van der Waals surface area contributed by atoms with Gasteiger partial charge < -0.3 is 10.6 Å². The molecule has 3 nitrogen and oxygen atoms in total. The van der Waals surface area contributed by atoms with Crippen LogP contribution in [-0.4, -0.2) is 23.4 Å². The quantitative estimate of drug-likeness (QED) is 0.815. The lowest BCUT2D eigenvalue weighted by molar-refractivity contribution is -0.132. The van der Waals surface area contributed by atoms with Gasteiger partial charge in [-0.1, -0.05) is 25.0 Å². The summed E-state index contributed by atoms with van der Waals surface area (Å²) < 4.78 is 0. The van der Waals surface area contributed by atoms with Gasteiger partial charge in [-0.2, -0.15) is 0 Å². The fourth-order valence-electron chi connectivity index (χ4n) is 2.56. The Morgan fingerprint density at radius 1 is 1.28 bits per heavy atom. The van der Waals surface area contributed by atoms with Crippen LogP contribution in [0, 0.1) is 0 Å². The molecule has 0 bridgehead atoms. The largest absolute Gasteiger partial charge is 0.399 e. The number of carbonyl (C=O) groups excluding carboxylic acids is 1. The molecule has 1 aliphatic heterocycles.